The molecule has 0 aliphatic rings. The van der Waals surface area contributed by atoms with E-state index in [1.165, 1.54) is 24.3 Å². The molecule has 2 nitrogen and oxygen atoms in total. The highest BCUT2D eigenvalue weighted by molar-refractivity contribution is 5.67. The second kappa shape index (κ2) is 5.64. The Morgan fingerprint density at radius 2 is 1.33 bits per heavy atom. The van der Waals surface area contributed by atoms with E-state index in [9.17, 15) is 17.6 Å². The van der Waals surface area contributed by atoms with Gasteiger partial charge >= 0.3 is 0 Å². The van der Waals surface area contributed by atoms with Crippen LogP contribution in [0.3, 0.4) is 0 Å². The van der Waals surface area contributed by atoms with Crippen LogP contribution in [-0.4, -0.2) is 0 Å². The number of nitriles is 2. The molecule has 104 valence electrons. The van der Waals surface area contributed by atoms with E-state index in [1.807, 2.05) is 6.07 Å². The second-order valence-electron chi connectivity index (χ2n) is 4.15. The van der Waals surface area contributed by atoms with Crippen LogP contribution in [0.25, 0.3) is 11.1 Å². The van der Waals surface area contributed by atoms with Crippen LogP contribution < -0.4 is 0 Å². The van der Waals surface area contributed by atoms with E-state index in [0.717, 1.165) is 6.07 Å². The lowest BCUT2D eigenvalue weighted by Crippen LogP contribution is -2.03. The number of hydrogen-bond acceptors (Lipinski definition) is 2. The quantitative estimate of drug-likeness (QED) is 0.623. The fourth-order valence-electron chi connectivity index (χ4n) is 1.86. The number of benzene rings is 2. The van der Waals surface area contributed by atoms with Crippen molar-refractivity contribution in [2.75, 3.05) is 0 Å². The average Bonchev–Trinajstić information content (AvgIpc) is 2.48. The summed E-state index contributed by atoms with van der Waals surface area (Å²) in [6, 6.07) is 8.32. The summed E-state index contributed by atoms with van der Waals surface area (Å²) in [6.45, 7) is 0. The molecule has 0 spiro atoms. The Bertz CT molecular complexity index is 754. The predicted molar refractivity (Wildman–Crippen MR) is 65.7 cm³/mol. The Morgan fingerprint density at radius 1 is 0.810 bits per heavy atom. The Morgan fingerprint density at radius 3 is 1.76 bits per heavy atom. The van der Waals surface area contributed by atoms with Gasteiger partial charge in [0.1, 0.15) is 11.6 Å². The summed E-state index contributed by atoms with van der Waals surface area (Å²) in [5, 5.41) is 17.0. The molecule has 0 bridgehead atoms. The van der Waals surface area contributed by atoms with Gasteiger partial charge in [-0.3, -0.25) is 0 Å². The molecule has 2 rings (SSSR count). The summed E-state index contributed by atoms with van der Waals surface area (Å²) < 4.78 is 54.8. The first-order valence-electron chi connectivity index (χ1n) is 5.73. The second-order valence-corrected chi connectivity index (χ2v) is 4.15. The Hall–Kier alpha value is -2.86. The minimum absolute atomic E-state index is 0.0889. The summed E-state index contributed by atoms with van der Waals surface area (Å²) in [5.41, 5.74) is -1.67. The van der Waals surface area contributed by atoms with Crippen LogP contribution in [0.5, 0.6) is 0 Å². The maximum Gasteiger partial charge on any atom is 0.180 e. The van der Waals surface area contributed by atoms with Crippen molar-refractivity contribution in [3.05, 3.63) is 58.7 Å². The number of hydrogen-bond donors (Lipinski definition) is 0. The van der Waals surface area contributed by atoms with Gasteiger partial charge in [0, 0.05) is 0 Å². The molecule has 2 aromatic rings. The van der Waals surface area contributed by atoms with E-state index in [1.54, 1.807) is 0 Å². The minimum atomic E-state index is -1.73. The van der Waals surface area contributed by atoms with E-state index >= 15 is 0 Å². The lowest BCUT2D eigenvalue weighted by Gasteiger charge is -2.09. The van der Waals surface area contributed by atoms with E-state index in [0.29, 0.717) is 5.56 Å². The Balaban J connectivity index is 2.65. The molecular formula is C15H6F4N2. The third-order valence-electron chi connectivity index (χ3n) is 2.90. The molecule has 0 aromatic heterocycles. The standard InChI is InChI=1S/C15H6F4N2/c16-12-10(7-21)13(17)15(19)11(14(12)18)9-3-1-8(2-4-9)5-6-20/h1-4H,5H2. The highest BCUT2D eigenvalue weighted by Crippen LogP contribution is 2.32. The molecule has 0 N–H and O–H groups in total. The average molecular weight is 290 g/mol. The molecule has 0 aliphatic heterocycles. The largest absolute Gasteiger partial charge is 0.203 e. The predicted octanol–water partition coefficient (Wildman–Crippen LogP) is 3.85. The van der Waals surface area contributed by atoms with Gasteiger partial charge in [-0.25, -0.2) is 17.6 Å². The maximum atomic E-state index is 13.8. The van der Waals surface area contributed by atoms with Crippen LogP contribution in [0.4, 0.5) is 17.6 Å². The monoisotopic (exact) mass is 290 g/mol. The lowest BCUT2D eigenvalue weighted by atomic mass is 9.99. The maximum absolute atomic E-state index is 13.8. The van der Waals surface area contributed by atoms with E-state index in [4.69, 9.17) is 10.5 Å². The van der Waals surface area contributed by atoms with Gasteiger partial charge in [-0.15, -0.1) is 0 Å². The van der Waals surface area contributed by atoms with Crippen LogP contribution >= 0.6 is 0 Å². The molecular weight excluding hydrogens is 284 g/mol. The molecule has 0 heterocycles. The zero-order valence-electron chi connectivity index (χ0n) is 10.4. The van der Waals surface area contributed by atoms with Crippen molar-refractivity contribution in [1.82, 2.24) is 0 Å². The van der Waals surface area contributed by atoms with Crippen molar-refractivity contribution < 1.29 is 17.6 Å². The van der Waals surface area contributed by atoms with Crippen molar-refractivity contribution in [3.8, 4) is 23.3 Å². The third-order valence-corrected chi connectivity index (χ3v) is 2.90. The van der Waals surface area contributed by atoms with Crippen LogP contribution in [0.1, 0.15) is 11.1 Å². The number of halogens is 4. The minimum Gasteiger partial charge on any atom is -0.203 e. The van der Waals surface area contributed by atoms with Gasteiger partial charge in [0.2, 0.25) is 0 Å². The van der Waals surface area contributed by atoms with Crippen molar-refractivity contribution in [3.63, 3.8) is 0 Å². The van der Waals surface area contributed by atoms with E-state index in [2.05, 4.69) is 0 Å². The number of rotatable bonds is 2. The lowest BCUT2D eigenvalue weighted by molar-refractivity contribution is 0.454. The van der Waals surface area contributed by atoms with Gasteiger partial charge in [-0.1, -0.05) is 24.3 Å². The van der Waals surface area contributed by atoms with Crippen molar-refractivity contribution in [1.29, 1.82) is 10.5 Å². The summed E-state index contributed by atoms with van der Waals surface area (Å²) >= 11 is 0. The fourth-order valence-corrected chi connectivity index (χ4v) is 1.86. The Labute approximate surface area is 117 Å². The molecule has 0 saturated carbocycles. The first-order chi connectivity index (χ1) is 10.0. The van der Waals surface area contributed by atoms with Crippen molar-refractivity contribution in [2.24, 2.45) is 0 Å². The van der Waals surface area contributed by atoms with Crippen molar-refractivity contribution >= 4 is 0 Å². The van der Waals surface area contributed by atoms with Crippen LogP contribution in [0, 0.1) is 45.9 Å². The Kier molecular flexibility index (Phi) is 3.91. The van der Waals surface area contributed by atoms with Crippen molar-refractivity contribution in [2.45, 2.75) is 6.42 Å². The van der Waals surface area contributed by atoms with Gasteiger partial charge < -0.3 is 0 Å². The molecule has 0 saturated heterocycles. The zero-order chi connectivity index (χ0) is 15.6. The first-order valence-corrected chi connectivity index (χ1v) is 5.73. The van der Waals surface area contributed by atoms with Gasteiger partial charge in [0.25, 0.3) is 0 Å². The molecule has 0 radical (unpaired) electrons. The fraction of sp³-hybridized carbons (Fsp3) is 0.0667. The number of nitrogens with zero attached hydrogens (tertiary/aromatic N) is 2. The molecule has 0 fully saturated rings. The smallest absolute Gasteiger partial charge is 0.180 e. The van der Waals surface area contributed by atoms with Crippen LogP contribution in [0.15, 0.2) is 24.3 Å². The van der Waals surface area contributed by atoms with Crippen LogP contribution in [0.2, 0.25) is 0 Å². The SMILES string of the molecule is N#CCc1ccc(-c2c(F)c(F)c(C#N)c(F)c2F)cc1. The van der Waals surface area contributed by atoms with Crippen LogP contribution in [-0.2, 0) is 6.42 Å². The topological polar surface area (TPSA) is 47.6 Å². The summed E-state index contributed by atoms with van der Waals surface area (Å²) in [4.78, 5) is 0. The molecule has 0 aliphatic carbocycles. The zero-order valence-corrected chi connectivity index (χ0v) is 10.4. The molecule has 21 heavy (non-hydrogen) atoms. The third kappa shape index (κ3) is 2.44. The highest BCUT2D eigenvalue weighted by Gasteiger charge is 2.26. The molecule has 0 unspecified atom stereocenters. The van der Waals surface area contributed by atoms with Gasteiger partial charge in [-0.2, -0.15) is 10.5 Å². The summed E-state index contributed by atoms with van der Waals surface area (Å²) in [7, 11) is 0. The highest BCUT2D eigenvalue weighted by atomic mass is 19.2. The normalized spacial score (nSPS) is 10.0. The molecule has 0 atom stereocenters. The van der Waals surface area contributed by atoms with Gasteiger partial charge in [-0.05, 0) is 11.1 Å². The molecule has 6 heteroatoms. The van der Waals surface area contributed by atoms with Gasteiger partial charge in [0.15, 0.2) is 23.3 Å². The molecule has 2 aromatic carbocycles. The summed E-state index contributed by atoms with van der Waals surface area (Å²) in [5.74, 6) is -6.71. The molecule has 0 amide bonds. The van der Waals surface area contributed by atoms with E-state index < -0.39 is 34.4 Å². The van der Waals surface area contributed by atoms with Gasteiger partial charge in [0.05, 0.1) is 18.1 Å². The van der Waals surface area contributed by atoms with E-state index in [-0.39, 0.29) is 12.0 Å². The summed E-state index contributed by atoms with van der Waals surface area (Å²) in [6.07, 6.45) is 0.0985. The first kappa shape index (κ1) is 14.5.